The van der Waals surface area contributed by atoms with Crippen LogP contribution in [-0.2, 0) is 11.2 Å². The highest BCUT2D eigenvalue weighted by Gasteiger charge is 2.17. The van der Waals surface area contributed by atoms with Crippen molar-refractivity contribution in [3.63, 3.8) is 0 Å². The molecule has 0 saturated heterocycles. The standard InChI is InChI=1S/C16H24N2OS/c1-5-18(10-13(4)16(17)20)15(19)9-14-8-11(2)6-7-12(14)3/h6-8,13H,5,9-10H2,1-4H3,(H2,17,20). The Balaban J connectivity index is 2.77. The number of amides is 1. The maximum atomic E-state index is 12.4. The SMILES string of the molecule is CCN(CC(C)C(N)=S)C(=O)Cc1cc(C)ccc1C. The Labute approximate surface area is 127 Å². The van der Waals surface area contributed by atoms with E-state index in [1.807, 2.05) is 32.6 Å². The Kier molecular flexibility index (Phi) is 6.14. The van der Waals surface area contributed by atoms with E-state index < -0.39 is 0 Å². The van der Waals surface area contributed by atoms with E-state index in [9.17, 15) is 4.79 Å². The van der Waals surface area contributed by atoms with Gasteiger partial charge in [-0.25, -0.2) is 0 Å². The summed E-state index contributed by atoms with van der Waals surface area (Å²) in [6.45, 7) is 9.28. The van der Waals surface area contributed by atoms with Crippen LogP contribution in [0, 0.1) is 19.8 Å². The number of likely N-dealkylation sites (N-methyl/N-ethyl adjacent to an activating group) is 1. The number of nitrogens with zero attached hydrogens (tertiary/aromatic N) is 1. The van der Waals surface area contributed by atoms with Crippen LogP contribution in [0.3, 0.4) is 0 Å². The first-order chi connectivity index (χ1) is 9.35. The second-order valence-electron chi connectivity index (χ2n) is 5.34. The van der Waals surface area contributed by atoms with Gasteiger partial charge in [0.05, 0.1) is 11.4 Å². The molecule has 1 aromatic rings. The van der Waals surface area contributed by atoms with Gasteiger partial charge in [-0.2, -0.15) is 0 Å². The van der Waals surface area contributed by atoms with Gasteiger partial charge in [0, 0.05) is 19.0 Å². The molecule has 4 heteroatoms. The number of hydrogen-bond donors (Lipinski definition) is 1. The molecule has 3 nitrogen and oxygen atoms in total. The van der Waals surface area contributed by atoms with E-state index in [4.69, 9.17) is 18.0 Å². The molecule has 0 fully saturated rings. The first-order valence-electron chi connectivity index (χ1n) is 6.98. The van der Waals surface area contributed by atoms with Crippen LogP contribution in [0.5, 0.6) is 0 Å². The van der Waals surface area contributed by atoms with Crippen LogP contribution in [-0.4, -0.2) is 28.9 Å². The lowest BCUT2D eigenvalue weighted by Gasteiger charge is -2.24. The quantitative estimate of drug-likeness (QED) is 0.820. The smallest absolute Gasteiger partial charge is 0.227 e. The van der Waals surface area contributed by atoms with E-state index >= 15 is 0 Å². The van der Waals surface area contributed by atoms with Crippen molar-refractivity contribution in [3.05, 3.63) is 34.9 Å². The van der Waals surface area contributed by atoms with Crippen molar-refractivity contribution in [2.24, 2.45) is 11.7 Å². The predicted octanol–water partition coefficient (Wildman–Crippen LogP) is 2.62. The molecule has 1 atom stereocenters. The third kappa shape index (κ3) is 4.60. The van der Waals surface area contributed by atoms with Gasteiger partial charge in [0.15, 0.2) is 0 Å². The van der Waals surface area contributed by atoms with Crippen molar-refractivity contribution in [2.45, 2.75) is 34.1 Å². The molecule has 0 bridgehead atoms. The van der Waals surface area contributed by atoms with Gasteiger partial charge in [-0.3, -0.25) is 4.79 Å². The number of carbonyl (C=O) groups excluding carboxylic acids is 1. The lowest BCUT2D eigenvalue weighted by molar-refractivity contribution is -0.130. The maximum absolute atomic E-state index is 12.4. The van der Waals surface area contributed by atoms with Crippen molar-refractivity contribution in [3.8, 4) is 0 Å². The Bertz CT molecular complexity index is 499. The van der Waals surface area contributed by atoms with Crippen molar-refractivity contribution in [1.29, 1.82) is 0 Å². The van der Waals surface area contributed by atoms with Gasteiger partial charge in [0.1, 0.15) is 0 Å². The number of thiocarbonyl (C=S) groups is 1. The molecule has 0 aromatic heterocycles. The fourth-order valence-electron chi connectivity index (χ4n) is 2.09. The highest BCUT2D eigenvalue weighted by molar-refractivity contribution is 7.80. The molecular weight excluding hydrogens is 268 g/mol. The number of rotatable bonds is 6. The Morgan fingerprint density at radius 2 is 2.05 bits per heavy atom. The molecule has 2 N–H and O–H groups in total. The van der Waals surface area contributed by atoms with Gasteiger partial charge < -0.3 is 10.6 Å². The number of aryl methyl sites for hydroxylation is 2. The maximum Gasteiger partial charge on any atom is 0.227 e. The van der Waals surface area contributed by atoms with Crippen molar-refractivity contribution >= 4 is 23.1 Å². The van der Waals surface area contributed by atoms with Gasteiger partial charge >= 0.3 is 0 Å². The average Bonchev–Trinajstić information content (AvgIpc) is 2.39. The zero-order chi connectivity index (χ0) is 15.3. The minimum atomic E-state index is 0.0486. The van der Waals surface area contributed by atoms with Crippen LogP contribution < -0.4 is 5.73 Å². The normalized spacial score (nSPS) is 12.0. The van der Waals surface area contributed by atoms with E-state index in [0.29, 0.717) is 24.5 Å². The zero-order valence-corrected chi connectivity index (χ0v) is 13.6. The summed E-state index contributed by atoms with van der Waals surface area (Å²) >= 11 is 4.98. The van der Waals surface area contributed by atoms with Gasteiger partial charge in [-0.05, 0) is 31.9 Å². The number of carbonyl (C=O) groups is 1. The van der Waals surface area contributed by atoms with Crippen molar-refractivity contribution < 1.29 is 4.79 Å². The molecule has 0 radical (unpaired) electrons. The molecule has 1 aromatic carbocycles. The Morgan fingerprint density at radius 1 is 1.40 bits per heavy atom. The fourth-order valence-corrected chi connectivity index (χ4v) is 2.17. The number of hydrogen-bond acceptors (Lipinski definition) is 2. The highest BCUT2D eigenvalue weighted by Crippen LogP contribution is 2.13. The van der Waals surface area contributed by atoms with E-state index in [2.05, 4.69) is 18.2 Å². The summed E-state index contributed by atoms with van der Waals surface area (Å²) in [6.07, 6.45) is 0.436. The summed E-state index contributed by atoms with van der Waals surface area (Å²) in [7, 11) is 0. The summed E-state index contributed by atoms with van der Waals surface area (Å²) in [5.41, 5.74) is 9.06. The monoisotopic (exact) mass is 292 g/mol. The summed E-state index contributed by atoms with van der Waals surface area (Å²) in [6, 6.07) is 6.21. The molecule has 0 aliphatic rings. The van der Waals surface area contributed by atoms with Crippen LogP contribution in [0.25, 0.3) is 0 Å². The van der Waals surface area contributed by atoms with Crippen LogP contribution >= 0.6 is 12.2 Å². The Morgan fingerprint density at radius 3 is 2.60 bits per heavy atom. The van der Waals surface area contributed by atoms with Crippen LogP contribution in [0.1, 0.15) is 30.5 Å². The van der Waals surface area contributed by atoms with E-state index in [1.165, 1.54) is 5.56 Å². The average molecular weight is 292 g/mol. The van der Waals surface area contributed by atoms with E-state index in [0.717, 1.165) is 11.1 Å². The van der Waals surface area contributed by atoms with Crippen LogP contribution in [0.15, 0.2) is 18.2 Å². The molecule has 0 aliphatic carbocycles. The van der Waals surface area contributed by atoms with E-state index in [1.54, 1.807) is 0 Å². The first-order valence-corrected chi connectivity index (χ1v) is 7.39. The molecule has 0 spiro atoms. The van der Waals surface area contributed by atoms with Gasteiger partial charge in [0.25, 0.3) is 0 Å². The minimum Gasteiger partial charge on any atom is -0.393 e. The molecule has 0 heterocycles. The second-order valence-corrected chi connectivity index (χ2v) is 5.81. The van der Waals surface area contributed by atoms with Gasteiger partial charge in [-0.1, -0.05) is 42.9 Å². The molecular formula is C16H24N2OS. The molecule has 1 rings (SSSR count). The lowest BCUT2D eigenvalue weighted by atomic mass is 10.0. The predicted molar refractivity (Wildman–Crippen MR) is 87.8 cm³/mol. The molecule has 1 unspecified atom stereocenters. The largest absolute Gasteiger partial charge is 0.393 e. The second kappa shape index (κ2) is 7.39. The van der Waals surface area contributed by atoms with Crippen molar-refractivity contribution in [2.75, 3.05) is 13.1 Å². The lowest BCUT2D eigenvalue weighted by Crippen LogP contribution is -2.39. The molecule has 1 amide bonds. The highest BCUT2D eigenvalue weighted by atomic mass is 32.1. The van der Waals surface area contributed by atoms with Gasteiger partial charge in [-0.15, -0.1) is 0 Å². The fraction of sp³-hybridized carbons (Fsp3) is 0.500. The molecule has 110 valence electrons. The third-order valence-electron chi connectivity index (χ3n) is 3.56. The van der Waals surface area contributed by atoms with E-state index in [-0.39, 0.29) is 11.8 Å². The topological polar surface area (TPSA) is 46.3 Å². The minimum absolute atomic E-state index is 0.0486. The molecule has 0 saturated carbocycles. The van der Waals surface area contributed by atoms with Crippen LogP contribution in [0.2, 0.25) is 0 Å². The summed E-state index contributed by atoms with van der Waals surface area (Å²) in [4.78, 5) is 14.7. The summed E-state index contributed by atoms with van der Waals surface area (Å²) in [5, 5.41) is 0. The first kappa shape index (κ1) is 16.6. The summed E-state index contributed by atoms with van der Waals surface area (Å²) < 4.78 is 0. The number of benzene rings is 1. The third-order valence-corrected chi connectivity index (χ3v) is 3.96. The zero-order valence-electron chi connectivity index (χ0n) is 12.8. The number of nitrogens with two attached hydrogens (primary N) is 1. The Hall–Kier alpha value is -1.42. The molecule has 20 heavy (non-hydrogen) atoms. The van der Waals surface area contributed by atoms with Crippen molar-refractivity contribution in [1.82, 2.24) is 4.90 Å². The van der Waals surface area contributed by atoms with Gasteiger partial charge in [0.2, 0.25) is 5.91 Å². The summed E-state index contributed by atoms with van der Waals surface area (Å²) in [5.74, 6) is 0.178. The molecule has 0 aliphatic heterocycles. The van der Waals surface area contributed by atoms with Crippen LogP contribution in [0.4, 0.5) is 0 Å².